The van der Waals surface area contributed by atoms with Gasteiger partial charge in [0.1, 0.15) is 11.6 Å². The van der Waals surface area contributed by atoms with Crippen LogP contribution >= 0.6 is 15.9 Å². The summed E-state index contributed by atoms with van der Waals surface area (Å²) in [5.41, 5.74) is 9.39. The van der Waals surface area contributed by atoms with E-state index in [-0.39, 0.29) is 0 Å². The van der Waals surface area contributed by atoms with Crippen LogP contribution < -0.4 is 21.1 Å². The Bertz CT molecular complexity index is 671. The lowest BCUT2D eigenvalue weighted by Gasteiger charge is -2.15. The molecular weight excluding hydrogens is 330 g/mol. The first-order valence-corrected chi connectivity index (χ1v) is 7.21. The second kappa shape index (κ2) is 6.54. The van der Waals surface area contributed by atoms with Gasteiger partial charge in [0.15, 0.2) is 0 Å². The summed E-state index contributed by atoms with van der Waals surface area (Å²) >= 11 is 3.44. The summed E-state index contributed by atoms with van der Waals surface area (Å²) in [7, 11) is 1.63. The molecule has 2 rings (SSSR count). The Labute approximate surface area is 133 Å². The van der Waals surface area contributed by atoms with E-state index in [1.165, 1.54) is 0 Å². The number of nitrogens with two attached hydrogens (primary N) is 1. The summed E-state index contributed by atoms with van der Waals surface area (Å²) in [5, 5.41) is 6.36. The second-order valence-electron chi connectivity index (χ2n) is 4.64. The van der Waals surface area contributed by atoms with Crippen molar-refractivity contribution in [2.24, 2.45) is 0 Å². The van der Waals surface area contributed by atoms with E-state index in [1.807, 2.05) is 43.3 Å². The van der Waals surface area contributed by atoms with Crippen LogP contribution in [0.1, 0.15) is 5.56 Å². The van der Waals surface area contributed by atoms with Crippen LogP contribution in [0.15, 0.2) is 53.3 Å². The van der Waals surface area contributed by atoms with Crippen molar-refractivity contribution in [3.63, 3.8) is 0 Å². The van der Waals surface area contributed by atoms with E-state index in [0.717, 1.165) is 32.8 Å². The highest BCUT2D eigenvalue weighted by molar-refractivity contribution is 9.10. The topological polar surface area (TPSA) is 59.3 Å². The molecule has 0 spiro atoms. The minimum Gasteiger partial charge on any atom is -0.495 e. The zero-order chi connectivity index (χ0) is 15.4. The number of hydrogen-bond donors (Lipinski definition) is 3. The molecule has 21 heavy (non-hydrogen) atoms. The first-order valence-electron chi connectivity index (χ1n) is 6.42. The highest BCUT2D eigenvalue weighted by atomic mass is 79.9. The van der Waals surface area contributed by atoms with Crippen molar-refractivity contribution in [1.29, 1.82) is 0 Å². The molecule has 0 aliphatic rings. The van der Waals surface area contributed by atoms with Gasteiger partial charge in [-0.1, -0.05) is 28.6 Å². The molecule has 0 atom stereocenters. The van der Waals surface area contributed by atoms with Gasteiger partial charge in [-0.3, -0.25) is 0 Å². The number of methoxy groups -OCH3 is 1. The average molecular weight is 348 g/mol. The lowest BCUT2D eigenvalue weighted by molar-refractivity contribution is 0.416. The van der Waals surface area contributed by atoms with Crippen molar-refractivity contribution < 1.29 is 4.74 Å². The summed E-state index contributed by atoms with van der Waals surface area (Å²) in [6.45, 7) is 5.94. The molecule has 2 aromatic carbocycles. The predicted octanol–water partition coefficient (Wildman–Crippen LogP) is 4.34. The van der Waals surface area contributed by atoms with Crippen molar-refractivity contribution >= 4 is 33.0 Å². The Hall–Kier alpha value is -2.14. The van der Waals surface area contributed by atoms with E-state index in [0.29, 0.717) is 5.82 Å². The smallest absolute Gasteiger partial charge is 0.142 e. The van der Waals surface area contributed by atoms with Crippen LogP contribution in [-0.4, -0.2) is 7.11 Å². The summed E-state index contributed by atoms with van der Waals surface area (Å²) in [6, 6.07) is 11.5. The fourth-order valence-corrected chi connectivity index (χ4v) is 2.23. The van der Waals surface area contributed by atoms with Crippen molar-refractivity contribution in [2.45, 2.75) is 6.92 Å². The molecule has 0 fully saturated rings. The van der Waals surface area contributed by atoms with E-state index < -0.39 is 0 Å². The number of nitrogen functional groups attached to an aromatic ring is 1. The molecule has 4 nitrogen and oxygen atoms in total. The summed E-state index contributed by atoms with van der Waals surface area (Å²) in [6.07, 6.45) is 0. The van der Waals surface area contributed by atoms with E-state index in [9.17, 15) is 0 Å². The average Bonchev–Trinajstić information content (AvgIpc) is 2.43. The Kier molecular flexibility index (Phi) is 4.75. The normalized spacial score (nSPS) is 10.0. The standard InChI is InChI=1S/C16H18BrN3O/c1-10-4-6-13(9-14(10)18)19-11(2)20-15-8-12(17)5-7-16(15)21-3/h4-9,19-20H,2,18H2,1,3H3. The second-order valence-corrected chi connectivity index (χ2v) is 5.56. The Balaban J connectivity index is 2.11. The maximum Gasteiger partial charge on any atom is 0.142 e. The third-order valence-electron chi connectivity index (χ3n) is 3.02. The molecule has 0 radical (unpaired) electrons. The van der Waals surface area contributed by atoms with Crippen molar-refractivity contribution in [2.75, 3.05) is 23.5 Å². The lowest BCUT2D eigenvalue weighted by Crippen LogP contribution is -2.09. The van der Waals surface area contributed by atoms with E-state index >= 15 is 0 Å². The van der Waals surface area contributed by atoms with E-state index in [4.69, 9.17) is 10.5 Å². The third kappa shape index (κ3) is 3.92. The molecule has 0 amide bonds. The third-order valence-corrected chi connectivity index (χ3v) is 3.51. The molecular formula is C16H18BrN3O. The fourth-order valence-electron chi connectivity index (χ4n) is 1.86. The van der Waals surface area contributed by atoms with Gasteiger partial charge < -0.3 is 21.1 Å². The van der Waals surface area contributed by atoms with Crippen molar-refractivity contribution in [1.82, 2.24) is 0 Å². The molecule has 5 heteroatoms. The first kappa shape index (κ1) is 15.3. The molecule has 0 aromatic heterocycles. The minimum atomic E-state index is 0.634. The number of anilines is 3. The van der Waals surface area contributed by atoms with Gasteiger partial charge in [-0.05, 0) is 42.8 Å². The van der Waals surface area contributed by atoms with Crippen LogP contribution in [0.5, 0.6) is 5.75 Å². The highest BCUT2D eigenvalue weighted by Gasteiger charge is 2.05. The van der Waals surface area contributed by atoms with Gasteiger partial charge in [-0.25, -0.2) is 0 Å². The number of benzene rings is 2. The van der Waals surface area contributed by atoms with Gasteiger partial charge in [0.2, 0.25) is 0 Å². The molecule has 2 aromatic rings. The molecule has 0 saturated heterocycles. The number of ether oxygens (including phenoxy) is 1. The number of aryl methyl sites for hydroxylation is 1. The zero-order valence-corrected chi connectivity index (χ0v) is 13.6. The van der Waals surface area contributed by atoms with Gasteiger partial charge in [-0.2, -0.15) is 0 Å². The zero-order valence-electron chi connectivity index (χ0n) is 12.0. The molecule has 0 unspecified atom stereocenters. The molecule has 0 aliphatic carbocycles. The van der Waals surface area contributed by atoms with E-state index in [1.54, 1.807) is 7.11 Å². The van der Waals surface area contributed by atoms with Crippen LogP contribution in [-0.2, 0) is 0 Å². The Morgan fingerprint density at radius 1 is 1.19 bits per heavy atom. The molecule has 110 valence electrons. The van der Waals surface area contributed by atoms with Crippen LogP contribution in [0.25, 0.3) is 0 Å². The minimum absolute atomic E-state index is 0.634. The molecule has 4 N–H and O–H groups in total. The van der Waals surface area contributed by atoms with Gasteiger partial charge in [-0.15, -0.1) is 0 Å². The number of hydrogen-bond acceptors (Lipinski definition) is 4. The number of rotatable bonds is 5. The van der Waals surface area contributed by atoms with Crippen molar-refractivity contribution in [3.8, 4) is 5.75 Å². The monoisotopic (exact) mass is 347 g/mol. The van der Waals surface area contributed by atoms with Crippen LogP contribution in [0.2, 0.25) is 0 Å². The predicted molar refractivity (Wildman–Crippen MR) is 92.7 cm³/mol. The van der Waals surface area contributed by atoms with Gasteiger partial charge in [0.25, 0.3) is 0 Å². The van der Waals surface area contributed by atoms with Gasteiger partial charge >= 0.3 is 0 Å². The van der Waals surface area contributed by atoms with E-state index in [2.05, 4.69) is 33.1 Å². The number of nitrogens with one attached hydrogen (secondary N) is 2. The quantitative estimate of drug-likeness (QED) is 0.704. The maximum atomic E-state index is 5.90. The van der Waals surface area contributed by atoms with Crippen LogP contribution in [0, 0.1) is 6.92 Å². The van der Waals surface area contributed by atoms with Crippen LogP contribution in [0.4, 0.5) is 17.1 Å². The van der Waals surface area contributed by atoms with Gasteiger partial charge in [0, 0.05) is 15.8 Å². The molecule has 0 heterocycles. The summed E-state index contributed by atoms with van der Waals surface area (Å²) in [5.74, 6) is 1.37. The van der Waals surface area contributed by atoms with Crippen LogP contribution in [0.3, 0.4) is 0 Å². The maximum absolute atomic E-state index is 5.90. The fraction of sp³-hybridized carbons (Fsp3) is 0.125. The lowest BCUT2D eigenvalue weighted by atomic mass is 10.2. The molecule has 0 aliphatic heterocycles. The van der Waals surface area contributed by atoms with Crippen molar-refractivity contribution in [3.05, 3.63) is 58.8 Å². The Morgan fingerprint density at radius 2 is 1.95 bits per heavy atom. The molecule has 0 saturated carbocycles. The Morgan fingerprint density at radius 3 is 2.62 bits per heavy atom. The number of halogens is 1. The van der Waals surface area contributed by atoms with Gasteiger partial charge in [0.05, 0.1) is 12.8 Å². The summed E-state index contributed by atoms with van der Waals surface area (Å²) < 4.78 is 6.27. The largest absolute Gasteiger partial charge is 0.495 e. The molecule has 0 bridgehead atoms. The summed E-state index contributed by atoms with van der Waals surface area (Å²) in [4.78, 5) is 0. The highest BCUT2D eigenvalue weighted by Crippen LogP contribution is 2.29. The SMILES string of the molecule is C=C(Nc1ccc(C)c(N)c1)Nc1cc(Br)ccc1OC. The first-order chi connectivity index (χ1) is 9.99.